The van der Waals surface area contributed by atoms with Gasteiger partial charge in [-0.05, 0) is 12.1 Å². The number of hydrogen-bond donors (Lipinski definition) is 1. The Kier molecular flexibility index (Phi) is 3.42. The van der Waals surface area contributed by atoms with E-state index < -0.39 is 0 Å². The molecule has 1 aromatic carbocycles. The molecule has 0 saturated carbocycles. The van der Waals surface area contributed by atoms with Gasteiger partial charge in [0.15, 0.2) is 0 Å². The van der Waals surface area contributed by atoms with Gasteiger partial charge in [0.25, 0.3) is 0 Å². The Balaban J connectivity index is 1.95. The summed E-state index contributed by atoms with van der Waals surface area (Å²) in [5.41, 5.74) is 0.780. The molecule has 1 fully saturated rings. The molecule has 1 N–H and O–H groups in total. The predicted molar refractivity (Wildman–Crippen MR) is 65.8 cm³/mol. The van der Waals surface area contributed by atoms with Crippen molar-refractivity contribution < 1.29 is 9.59 Å². The van der Waals surface area contributed by atoms with Gasteiger partial charge in [0.1, 0.15) is 5.78 Å². The van der Waals surface area contributed by atoms with Gasteiger partial charge in [0, 0.05) is 31.1 Å². The molecule has 0 bridgehead atoms. The monoisotopic (exact) mass is 232 g/mol. The van der Waals surface area contributed by atoms with Gasteiger partial charge in [-0.1, -0.05) is 25.1 Å². The van der Waals surface area contributed by atoms with Crippen LogP contribution >= 0.6 is 0 Å². The molecule has 4 heteroatoms. The highest BCUT2D eigenvalue weighted by molar-refractivity contribution is 5.91. The number of carbonyl (C=O) groups is 2. The first-order valence-electron chi connectivity index (χ1n) is 5.80. The maximum Gasteiger partial charge on any atom is 0.321 e. The van der Waals surface area contributed by atoms with Crippen LogP contribution in [-0.2, 0) is 4.79 Å². The maximum atomic E-state index is 11.9. The van der Waals surface area contributed by atoms with E-state index in [-0.39, 0.29) is 17.7 Å². The number of para-hydroxylation sites is 1. The Hall–Kier alpha value is -1.84. The first-order valence-corrected chi connectivity index (χ1v) is 5.80. The van der Waals surface area contributed by atoms with Gasteiger partial charge in [0.05, 0.1) is 0 Å². The molecule has 0 unspecified atom stereocenters. The second kappa shape index (κ2) is 4.99. The van der Waals surface area contributed by atoms with Crippen molar-refractivity contribution >= 4 is 17.5 Å². The number of nitrogens with zero attached hydrogens (tertiary/aromatic N) is 1. The van der Waals surface area contributed by atoms with Crippen molar-refractivity contribution in [1.82, 2.24) is 4.90 Å². The van der Waals surface area contributed by atoms with Gasteiger partial charge in [0.2, 0.25) is 0 Å². The summed E-state index contributed by atoms with van der Waals surface area (Å²) in [7, 11) is 0. The van der Waals surface area contributed by atoms with E-state index in [1.54, 1.807) is 4.90 Å². The van der Waals surface area contributed by atoms with Gasteiger partial charge in [-0.15, -0.1) is 0 Å². The molecule has 1 atom stereocenters. The van der Waals surface area contributed by atoms with Gasteiger partial charge in [-0.3, -0.25) is 4.79 Å². The number of Topliss-reactive ketones (excluding diaryl/α,β-unsaturated/α-hetero) is 1. The number of benzene rings is 1. The number of ketones is 1. The van der Waals surface area contributed by atoms with Gasteiger partial charge in [-0.25, -0.2) is 4.79 Å². The molecule has 2 amide bonds. The minimum atomic E-state index is -0.129. The van der Waals surface area contributed by atoms with Crippen molar-refractivity contribution in [2.45, 2.75) is 13.3 Å². The summed E-state index contributed by atoms with van der Waals surface area (Å²) in [5, 5.41) is 2.82. The molecule has 1 aromatic rings. The number of likely N-dealkylation sites (tertiary alicyclic amines) is 1. The molecular weight excluding hydrogens is 216 g/mol. The summed E-state index contributed by atoms with van der Waals surface area (Å²) >= 11 is 0. The highest BCUT2D eigenvalue weighted by atomic mass is 16.2. The lowest BCUT2D eigenvalue weighted by molar-refractivity contribution is -0.124. The Morgan fingerprint density at radius 1 is 1.35 bits per heavy atom. The van der Waals surface area contributed by atoms with Crippen LogP contribution in [0.5, 0.6) is 0 Å². The fraction of sp³-hybridized carbons (Fsp3) is 0.385. The SMILES string of the molecule is C[C@H]1CN(C(=O)Nc2ccccc2)CCC1=O. The Morgan fingerprint density at radius 3 is 2.71 bits per heavy atom. The highest BCUT2D eigenvalue weighted by Gasteiger charge is 2.26. The van der Waals surface area contributed by atoms with E-state index in [0.29, 0.717) is 19.5 Å². The number of carbonyl (C=O) groups excluding carboxylic acids is 2. The molecule has 1 saturated heterocycles. The number of nitrogens with one attached hydrogen (secondary N) is 1. The standard InChI is InChI=1S/C13H16N2O2/c1-10-9-15(8-7-12(10)16)13(17)14-11-5-3-2-4-6-11/h2-6,10H,7-9H2,1H3,(H,14,17)/t10-/m0/s1. The van der Waals surface area contributed by atoms with Crippen LogP contribution in [0.3, 0.4) is 0 Å². The average molecular weight is 232 g/mol. The topological polar surface area (TPSA) is 49.4 Å². The molecule has 1 heterocycles. The number of urea groups is 1. The lowest BCUT2D eigenvalue weighted by atomic mass is 9.99. The van der Waals surface area contributed by atoms with Crippen LogP contribution in [0.15, 0.2) is 30.3 Å². The zero-order chi connectivity index (χ0) is 12.3. The number of anilines is 1. The van der Waals surface area contributed by atoms with Crippen LogP contribution in [0.1, 0.15) is 13.3 Å². The van der Waals surface area contributed by atoms with Crippen molar-refractivity contribution in [3.63, 3.8) is 0 Å². The van der Waals surface area contributed by atoms with Gasteiger partial charge >= 0.3 is 6.03 Å². The molecule has 0 aliphatic carbocycles. The van der Waals surface area contributed by atoms with Crippen LogP contribution < -0.4 is 5.32 Å². The molecule has 4 nitrogen and oxygen atoms in total. The van der Waals surface area contributed by atoms with E-state index in [1.165, 1.54) is 0 Å². The number of amides is 2. The lowest BCUT2D eigenvalue weighted by Gasteiger charge is -2.30. The summed E-state index contributed by atoms with van der Waals surface area (Å²) < 4.78 is 0. The predicted octanol–water partition coefficient (Wildman–Crippen LogP) is 2.13. The zero-order valence-corrected chi connectivity index (χ0v) is 9.85. The molecule has 1 aliphatic heterocycles. The molecule has 0 aromatic heterocycles. The van der Waals surface area contributed by atoms with E-state index in [4.69, 9.17) is 0 Å². The summed E-state index contributed by atoms with van der Waals surface area (Å²) in [5.74, 6) is 0.194. The number of hydrogen-bond acceptors (Lipinski definition) is 2. The van der Waals surface area contributed by atoms with Crippen LogP contribution in [0.2, 0.25) is 0 Å². The van der Waals surface area contributed by atoms with Crippen molar-refractivity contribution in [2.24, 2.45) is 5.92 Å². The molecule has 1 aliphatic rings. The van der Waals surface area contributed by atoms with Gasteiger partial charge < -0.3 is 10.2 Å². The second-order valence-corrected chi connectivity index (χ2v) is 4.36. The number of piperidine rings is 1. The van der Waals surface area contributed by atoms with Crippen LogP contribution in [0.25, 0.3) is 0 Å². The minimum absolute atomic E-state index is 0.0507. The van der Waals surface area contributed by atoms with Crippen molar-refractivity contribution in [3.8, 4) is 0 Å². The number of rotatable bonds is 1. The Morgan fingerprint density at radius 2 is 2.06 bits per heavy atom. The van der Waals surface area contributed by atoms with E-state index in [2.05, 4.69) is 5.32 Å². The quantitative estimate of drug-likeness (QED) is 0.806. The largest absolute Gasteiger partial charge is 0.323 e. The highest BCUT2D eigenvalue weighted by Crippen LogP contribution is 2.14. The summed E-state index contributed by atoms with van der Waals surface area (Å²) in [6.45, 7) is 2.89. The Bertz CT molecular complexity index is 417. The van der Waals surface area contributed by atoms with E-state index in [0.717, 1.165) is 5.69 Å². The Labute approximate surface area is 101 Å². The van der Waals surface area contributed by atoms with Crippen LogP contribution in [-0.4, -0.2) is 29.8 Å². The lowest BCUT2D eigenvalue weighted by Crippen LogP contribution is -2.45. The van der Waals surface area contributed by atoms with Crippen molar-refractivity contribution in [1.29, 1.82) is 0 Å². The first-order chi connectivity index (χ1) is 8.16. The summed E-state index contributed by atoms with van der Waals surface area (Å²) in [4.78, 5) is 25.0. The van der Waals surface area contributed by atoms with E-state index in [1.807, 2.05) is 37.3 Å². The summed E-state index contributed by atoms with van der Waals surface area (Å²) in [6.07, 6.45) is 0.462. The van der Waals surface area contributed by atoms with Crippen LogP contribution in [0, 0.1) is 5.92 Å². The average Bonchev–Trinajstić information content (AvgIpc) is 2.34. The normalized spacial score (nSPS) is 20.2. The van der Waals surface area contributed by atoms with E-state index in [9.17, 15) is 9.59 Å². The smallest absolute Gasteiger partial charge is 0.321 e. The molecular formula is C13H16N2O2. The fourth-order valence-corrected chi connectivity index (χ4v) is 1.92. The molecule has 0 radical (unpaired) electrons. The third-order valence-electron chi connectivity index (χ3n) is 2.98. The molecule has 2 rings (SSSR count). The fourth-order valence-electron chi connectivity index (χ4n) is 1.92. The second-order valence-electron chi connectivity index (χ2n) is 4.36. The third-order valence-corrected chi connectivity index (χ3v) is 2.98. The molecule has 17 heavy (non-hydrogen) atoms. The molecule has 0 spiro atoms. The van der Waals surface area contributed by atoms with Gasteiger partial charge in [-0.2, -0.15) is 0 Å². The third kappa shape index (κ3) is 2.84. The van der Waals surface area contributed by atoms with Crippen LogP contribution in [0.4, 0.5) is 10.5 Å². The van der Waals surface area contributed by atoms with Crippen molar-refractivity contribution in [3.05, 3.63) is 30.3 Å². The zero-order valence-electron chi connectivity index (χ0n) is 9.85. The van der Waals surface area contributed by atoms with E-state index >= 15 is 0 Å². The molecule has 90 valence electrons. The maximum absolute atomic E-state index is 11.9. The first kappa shape index (κ1) is 11.6. The minimum Gasteiger partial charge on any atom is -0.323 e. The van der Waals surface area contributed by atoms with Crippen molar-refractivity contribution in [2.75, 3.05) is 18.4 Å². The summed E-state index contributed by atoms with van der Waals surface area (Å²) in [6, 6.07) is 9.20.